The van der Waals surface area contributed by atoms with E-state index in [1.165, 1.54) is 57.8 Å². The lowest BCUT2D eigenvalue weighted by molar-refractivity contribution is -0.0453. The van der Waals surface area contributed by atoms with Crippen LogP contribution < -0.4 is 5.32 Å². The second kappa shape index (κ2) is 17.6. The number of ether oxygens (including phenoxy) is 1. The van der Waals surface area contributed by atoms with Crippen molar-refractivity contribution in [1.82, 2.24) is 5.32 Å². The molecule has 4 N–H and O–H groups in total. The van der Waals surface area contributed by atoms with Gasteiger partial charge in [-0.05, 0) is 20.4 Å². The van der Waals surface area contributed by atoms with E-state index >= 15 is 0 Å². The van der Waals surface area contributed by atoms with Gasteiger partial charge < -0.3 is 9.84 Å². The molecule has 0 fully saturated rings. The van der Waals surface area contributed by atoms with Crippen LogP contribution in [0.2, 0.25) is 0 Å². The Morgan fingerprint density at radius 3 is 1.62 bits per heavy atom. The minimum absolute atomic E-state index is 0.224. The van der Waals surface area contributed by atoms with E-state index < -0.39 is 16.5 Å². The molecule has 24 heavy (non-hydrogen) atoms. The van der Waals surface area contributed by atoms with Crippen molar-refractivity contribution < 1.29 is 27.4 Å². The van der Waals surface area contributed by atoms with Crippen LogP contribution in [0.25, 0.3) is 0 Å². The molecule has 2 unspecified atom stereocenters. The highest BCUT2D eigenvalue weighted by Crippen LogP contribution is 2.10. The Balaban J connectivity index is 0. The van der Waals surface area contributed by atoms with Crippen molar-refractivity contribution >= 4 is 10.4 Å². The van der Waals surface area contributed by atoms with Crippen LogP contribution in [0.5, 0.6) is 0 Å². The Morgan fingerprint density at radius 1 is 0.917 bits per heavy atom. The number of hydrogen-bond donors (Lipinski definition) is 4. The van der Waals surface area contributed by atoms with Crippen molar-refractivity contribution in [2.24, 2.45) is 0 Å². The summed E-state index contributed by atoms with van der Waals surface area (Å²) in [5, 5.41) is 12.4. The Bertz CT molecular complexity index is 340. The molecule has 0 aliphatic carbocycles. The van der Waals surface area contributed by atoms with Crippen LogP contribution in [0.15, 0.2) is 0 Å². The molecule has 2 atom stereocenters. The molecule has 0 spiro atoms. The van der Waals surface area contributed by atoms with Crippen molar-refractivity contribution in [3.05, 3.63) is 0 Å². The first-order valence-corrected chi connectivity index (χ1v) is 10.3. The van der Waals surface area contributed by atoms with Gasteiger partial charge in [0.15, 0.2) is 0 Å². The van der Waals surface area contributed by atoms with Crippen molar-refractivity contribution in [3.63, 3.8) is 0 Å². The zero-order chi connectivity index (χ0) is 18.8. The summed E-state index contributed by atoms with van der Waals surface area (Å²) in [7, 11) is -2.85. The maximum absolute atomic E-state index is 9.39. The third kappa shape index (κ3) is 26.6. The van der Waals surface area contributed by atoms with Crippen LogP contribution in [-0.2, 0) is 15.1 Å². The van der Waals surface area contributed by atoms with Crippen LogP contribution in [0.4, 0.5) is 0 Å². The summed E-state index contributed by atoms with van der Waals surface area (Å²) in [4.78, 5) is 0. The molecule has 0 aromatic carbocycles. The highest BCUT2D eigenvalue weighted by atomic mass is 32.3. The smallest absolute Gasteiger partial charge is 0.389 e. The average Bonchev–Trinajstić information content (AvgIpc) is 2.46. The van der Waals surface area contributed by atoms with Crippen molar-refractivity contribution in [2.75, 3.05) is 13.7 Å². The van der Waals surface area contributed by atoms with Gasteiger partial charge in [-0.25, -0.2) is 0 Å². The Kier molecular flexibility index (Phi) is 19.0. The predicted molar refractivity (Wildman–Crippen MR) is 96.5 cm³/mol. The first-order valence-electron chi connectivity index (χ1n) is 8.89. The third-order valence-electron chi connectivity index (χ3n) is 3.52. The molecule has 0 aromatic rings. The second-order valence-corrected chi connectivity index (χ2v) is 6.85. The summed E-state index contributed by atoms with van der Waals surface area (Å²) >= 11 is 0. The van der Waals surface area contributed by atoms with E-state index in [0.717, 1.165) is 13.0 Å². The first kappa shape index (κ1) is 26.0. The lowest BCUT2D eigenvalue weighted by atomic mass is 10.1. The Morgan fingerprint density at radius 2 is 1.29 bits per heavy atom. The maximum Gasteiger partial charge on any atom is 0.394 e. The van der Waals surface area contributed by atoms with Crippen LogP contribution in [0.1, 0.15) is 78.1 Å². The van der Waals surface area contributed by atoms with Crippen LogP contribution in [0.3, 0.4) is 0 Å². The van der Waals surface area contributed by atoms with Crippen molar-refractivity contribution in [2.45, 2.75) is 90.4 Å². The molecule has 7 nitrogen and oxygen atoms in total. The number of hydrogen-bond acceptors (Lipinski definition) is 5. The molecular formula is C16H37NO6S. The number of aliphatic hydroxyl groups is 1. The van der Waals surface area contributed by atoms with E-state index in [0.29, 0.717) is 0 Å². The zero-order valence-electron chi connectivity index (χ0n) is 15.4. The molecule has 148 valence electrons. The largest absolute Gasteiger partial charge is 0.394 e. The van der Waals surface area contributed by atoms with Gasteiger partial charge in [0.25, 0.3) is 0 Å². The first-order chi connectivity index (χ1) is 11.2. The van der Waals surface area contributed by atoms with E-state index in [1.807, 2.05) is 7.05 Å². The molecule has 0 rings (SSSR count). The molecule has 0 bridgehead atoms. The summed E-state index contributed by atoms with van der Waals surface area (Å²) in [5.41, 5.74) is 0. The zero-order valence-corrected chi connectivity index (χ0v) is 16.2. The summed E-state index contributed by atoms with van der Waals surface area (Å²) in [6, 6.07) is 0. The van der Waals surface area contributed by atoms with Gasteiger partial charge >= 0.3 is 10.4 Å². The predicted octanol–water partition coefficient (Wildman–Crippen LogP) is 3.20. The molecular weight excluding hydrogens is 334 g/mol. The monoisotopic (exact) mass is 371 g/mol. The minimum atomic E-state index is -4.67. The van der Waals surface area contributed by atoms with Gasteiger partial charge in [0.05, 0.1) is 6.10 Å². The fraction of sp³-hybridized carbons (Fsp3) is 1.00. The van der Waals surface area contributed by atoms with Crippen LogP contribution >= 0.6 is 0 Å². The number of rotatable bonds is 14. The SMILES string of the molecule is CCCCCCCCCCCCOC(NC)C(C)O.O=S(=O)(O)O. The number of unbranched alkanes of at least 4 members (excludes halogenated alkanes) is 9. The van der Waals surface area contributed by atoms with Gasteiger partial charge in [-0.1, -0.05) is 64.7 Å². The number of likely N-dealkylation sites (N-methyl/N-ethyl adjacent to an activating group) is 1. The average molecular weight is 372 g/mol. The van der Waals surface area contributed by atoms with E-state index in [-0.39, 0.29) is 6.23 Å². The highest BCUT2D eigenvalue weighted by Gasteiger charge is 2.11. The molecule has 0 saturated heterocycles. The molecule has 8 heteroatoms. The summed E-state index contributed by atoms with van der Waals surface area (Å²) < 4.78 is 37.1. The number of nitrogens with one attached hydrogen (secondary N) is 1. The fourth-order valence-electron chi connectivity index (χ4n) is 2.26. The minimum Gasteiger partial charge on any atom is -0.389 e. The Hall–Kier alpha value is -0.250. The summed E-state index contributed by atoms with van der Waals surface area (Å²) in [5.74, 6) is 0. The molecule has 0 amide bonds. The second-order valence-electron chi connectivity index (χ2n) is 5.95. The van der Waals surface area contributed by atoms with Crippen LogP contribution in [0, 0.1) is 0 Å². The lowest BCUT2D eigenvalue weighted by Gasteiger charge is -2.19. The van der Waals surface area contributed by atoms with E-state index in [1.54, 1.807) is 6.92 Å². The van der Waals surface area contributed by atoms with Gasteiger partial charge in [0.1, 0.15) is 6.23 Å². The summed E-state index contributed by atoms with van der Waals surface area (Å²) in [6.07, 6.45) is 12.7. The van der Waals surface area contributed by atoms with Gasteiger partial charge in [-0.15, -0.1) is 0 Å². The normalized spacial score (nSPS) is 13.9. The summed E-state index contributed by atoms with van der Waals surface area (Å²) in [6.45, 7) is 4.75. The molecule has 0 heterocycles. The highest BCUT2D eigenvalue weighted by molar-refractivity contribution is 7.79. The van der Waals surface area contributed by atoms with E-state index in [2.05, 4.69) is 12.2 Å². The standard InChI is InChI=1S/C16H35NO2.H2O4S/c1-4-5-6-7-8-9-10-11-12-13-14-19-16(17-3)15(2)18;1-5(2,3)4/h15-18H,4-14H2,1-3H3;(H2,1,2,3,4). The molecule has 0 aliphatic heterocycles. The van der Waals surface area contributed by atoms with Gasteiger partial charge in [0, 0.05) is 6.61 Å². The van der Waals surface area contributed by atoms with Gasteiger partial charge in [-0.3, -0.25) is 14.4 Å². The molecule has 0 aliphatic rings. The quantitative estimate of drug-likeness (QED) is 0.210. The van der Waals surface area contributed by atoms with E-state index in [9.17, 15) is 5.11 Å². The van der Waals surface area contributed by atoms with E-state index in [4.69, 9.17) is 22.3 Å². The van der Waals surface area contributed by atoms with Gasteiger partial charge in [-0.2, -0.15) is 8.42 Å². The van der Waals surface area contributed by atoms with Gasteiger partial charge in [0.2, 0.25) is 0 Å². The number of aliphatic hydroxyl groups excluding tert-OH is 1. The molecule has 0 aromatic heterocycles. The topological polar surface area (TPSA) is 116 Å². The van der Waals surface area contributed by atoms with Crippen molar-refractivity contribution in [1.29, 1.82) is 0 Å². The Labute approximate surface area is 147 Å². The fourth-order valence-corrected chi connectivity index (χ4v) is 2.26. The maximum atomic E-state index is 9.39. The lowest BCUT2D eigenvalue weighted by Crippen LogP contribution is -2.38. The van der Waals surface area contributed by atoms with Crippen LogP contribution in [-0.4, -0.2) is 48.6 Å². The third-order valence-corrected chi connectivity index (χ3v) is 3.52. The molecule has 0 saturated carbocycles. The molecule has 0 radical (unpaired) electrons. The van der Waals surface area contributed by atoms with Crippen molar-refractivity contribution in [3.8, 4) is 0 Å².